The highest BCUT2D eigenvalue weighted by molar-refractivity contribution is 7.09. The Labute approximate surface area is 229 Å². The Bertz CT molecular complexity index is 1050. The summed E-state index contributed by atoms with van der Waals surface area (Å²) in [7, 11) is 1.50. The molecule has 0 unspecified atom stereocenters. The fraction of sp³-hybridized carbons (Fsp3) is 0.714. The molecule has 10 heteroatoms. The number of thiazole rings is 1. The number of aryl methyl sites for hydroxylation is 1. The summed E-state index contributed by atoms with van der Waals surface area (Å²) in [6, 6.07) is -0.207. The quantitative estimate of drug-likeness (QED) is 0.527. The highest BCUT2D eigenvalue weighted by Crippen LogP contribution is 2.34. The van der Waals surface area contributed by atoms with E-state index in [-0.39, 0.29) is 36.4 Å². The standard InChI is InChI=1S/C28H42N2O7S/c1-15-9-8-10-20-22(37-27(30-20)35-7)12-21(16(2)11-19-14-38-18(4)29-19)36-24(32)13-23(31)28(5,6)26(34)17(3)25(15)33/h11,14-15,17,20-23,25,31,33H,8-10,12-13H2,1-7H3/b16-11+/t15-,17+,20-,21-,22-,23-,25-/m0/s1. The van der Waals surface area contributed by atoms with Crippen molar-refractivity contribution in [3.8, 4) is 0 Å². The van der Waals surface area contributed by atoms with Crippen molar-refractivity contribution in [1.29, 1.82) is 0 Å². The van der Waals surface area contributed by atoms with Gasteiger partial charge in [0.15, 0.2) is 0 Å². The van der Waals surface area contributed by atoms with Gasteiger partial charge in [-0.05, 0) is 44.3 Å². The molecule has 0 aromatic carbocycles. The number of carbonyl (C=O) groups excluding carboxylic acids is 2. The Morgan fingerprint density at radius 2 is 1.92 bits per heavy atom. The molecule has 7 atom stereocenters. The molecule has 0 spiro atoms. The number of Topliss-reactive ketones (excluding diaryl/α,β-unsaturated/α-hetero) is 1. The molecular weight excluding hydrogens is 508 g/mol. The van der Waals surface area contributed by atoms with Crippen molar-refractivity contribution in [2.45, 2.75) is 104 Å². The average molecular weight is 551 g/mol. The second-order valence-electron chi connectivity index (χ2n) is 11.2. The minimum absolute atomic E-state index is 0.133. The Balaban J connectivity index is 1.92. The Morgan fingerprint density at radius 1 is 1.21 bits per heavy atom. The second kappa shape index (κ2) is 12.7. The van der Waals surface area contributed by atoms with Gasteiger partial charge in [0.2, 0.25) is 0 Å². The zero-order valence-electron chi connectivity index (χ0n) is 23.5. The topological polar surface area (TPSA) is 128 Å². The number of rotatable bonds is 2. The normalized spacial score (nSPS) is 33.7. The fourth-order valence-corrected chi connectivity index (χ4v) is 5.73. The van der Waals surface area contributed by atoms with Crippen LogP contribution in [0.3, 0.4) is 0 Å². The monoisotopic (exact) mass is 550 g/mol. The maximum atomic E-state index is 13.3. The van der Waals surface area contributed by atoms with Crippen molar-refractivity contribution in [1.82, 2.24) is 4.98 Å². The molecular formula is C28H42N2O7S. The number of ketones is 1. The molecule has 1 fully saturated rings. The summed E-state index contributed by atoms with van der Waals surface area (Å²) in [4.78, 5) is 35.4. The zero-order chi connectivity index (χ0) is 28.2. The lowest BCUT2D eigenvalue weighted by Crippen LogP contribution is -2.46. The number of cyclic esters (lactones) is 1. The van der Waals surface area contributed by atoms with Gasteiger partial charge in [-0.25, -0.2) is 9.98 Å². The van der Waals surface area contributed by atoms with E-state index in [0.717, 1.165) is 22.7 Å². The van der Waals surface area contributed by atoms with E-state index >= 15 is 0 Å². The summed E-state index contributed by atoms with van der Waals surface area (Å²) in [5, 5.41) is 24.7. The molecule has 1 saturated heterocycles. The van der Waals surface area contributed by atoms with Crippen LogP contribution in [-0.2, 0) is 23.8 Å². The number of aliphatic hydroxyl groups is 2. The molecule has 1 aromatic heterocycles. The number of esters is 1. The number of nitrogens with zero attached hydrogens (tertiary/aromatic N) is 2. The van der Waals surface area contributed by atoms with Crippen LogP contribution in [0.2, 0.25) is 0 Å². The number of hydrogen-bond acceptors (Lipinski definition) is 10. The number of hydrogen-bond donors (Lipinski definition) is 2. The van der Waals surface area contributed by atoms with E-state index in [0.29, 0.717) is 19.3 Å². The minimum Gasteiger partial charge on any atom is -0.458 e. The Morgan fingerprint density at radius 3 is 2.55 bits per heavy atom. The summed E-state index contributed by atoms with van der Waals surface area (Å²) in [5.74, 6) is -1.74. The van der Waals surface area contributed by atoms with Gasteiger partial charge in [0.1, 0.15) is 18.0 Å². The first-order valence-electron chi connectivity index (χ1n) is 13.3. The summed E-state index contributed by atoms with van der Waals surface area (Å²) in [5.41, 5.74) is 0.322. The van der Waals surface area contributed by atoms with Crippen molar-refractivity contribution in [3.05, 3.63) is 21.7 Å². The number of fused-ring (bicyclic) bond motifs is 1. The zero-order valence-corrected chi connectivity index (χ0v) is 24.3. The minimum atomic E-state index is -1.27. The maximum absolute atomic E-state index is 13.3. The van der Waals surface area contributed by atoms with E-state index in [1.165, 1.54) is 18.4 Å². The van der Waals surface area contributed by atoms with Crippen LogP contribution in [0.25, 0.3) is 6.08 Å². The van der Waals surface area contributed by atoms with Crippen molar-refractivity contribution in [2.75, 3.05) is 7.11 Å². The van der Waals surface area contributed by atoms with Gasteiger partial charge in [0, 0.05) is 17.7 Å². The third-order valence-corrected chi connectivity index (χ3v) is 8.66. The molecule has 2 N–H and O–H groups in total. The number of aliphatic imine (C=N–C) groups is 1. The predicted molar refractivity (Wildman–Crippen MR) is 146 cm³/mol. The fourth-order valence-electron chi connectivity index (χ4n) is 5.16. The largest absolute Gasteiger partial charge is 0.458 e. The van der Waals surface area contributed by atoms with E-state index in [1.54, 1.807) is 20.8 Å². The van der Waals surface area contributed by atoms with Crippen LogP contribution < -0.4 is 0 Å². The number of carbonyl (C=O) groups is 2. The van der Waals surface area contributed by atoms with Crippen LogP contribution in [0.1, 0.15) is 77.4 Å². The lowest BCUT2D eigenvalue weighted by molar-refractivity contribution is -0.155. The van der Waals surface area contributed by atoms with Crippen molar-refractivity contribution in [2.24, 2.45) is 22.2 Å². The summed E-state index contributed by atoms with van der Waals surface area (Å²) in [6.45, 7) is 10.6. The number of ether oxygens (including phenoxy) is 3. The van der Waals surface area contributed by atoms with E-state index in [9.17, 15) is 19.8 Å². The third kappa shape index (κ3) is 7.21. The summed E-state index contributed by atoms with van der Waals surface area (Å²) >= 11 is 1.53. The number of methoxy groups -OCH3 is 1. The summed E-state index contributed by atoms with van der Waals surface area (Å²) in [6.07, 6.45) is 1.05. The van der Waals surface area contributed by atoms with E-state index < -0.39 is 35.6 Å². The highest BCUT2D eigenvalue weighted by Gasteiger charge is 2.43. The van der Waals surface area contributed by atoms with E-state index in [2.05, 4.69) is 9.98 Å². The molecule has 1 aromatic rings. The van der Waals surface area contributed by atoms with Crippen LogP contribution >= 0.6 is 11.3 Å². The van der Waals surface area contributed by atoms with Crippen molar-refractivity contribution >= 4 is 35.2 Å². The van der Waals surface area contributed by atoms with Gasteiger partial charge < -0.3 is 24.4 Å². The highest BCUT2D eigenvalue weighted by atomic mass is 32.1. The van der Waals surface area contributed by atoms with Gasteiger partial charge in [0.05, 0.1) is 47.9 Å². The molecule has 3 heterocycles. The predicted octanol–water partition coefficient (Wildman–Crippen LogP) is 4.09. The molecule has 212 valence electrons. The van der Waals surface area contributed by atoms with Gasteiger partial charge in [-0.2, -0.15) is 0 Å². The van der Waals surface area contributed by atoms with Crippen molar-refractivity contribution in [3.63, 3.8) is 0 Å². The lowest BCUT2D eigenvalue weighted by Gasteiger charge is -2.34. The molecule has 0 bridgehead atoms. The Hall–Kier alpha value is -2.30. The molecule has 0 aliphatic carbocycles. The van der Waals surface area contributed by atoms with Crippen LogP contribution in [0.4, 0.5) is 0 Å². The van der Waals surface area contributed by atoms with Crippen LogP contribution in [0, 0.1) is 24.2 Å². The van der Waals surface area contributed by atoms with Crippen LogP contribution in [0.15, 0.2) is 15.9 Å². The SMILES string of the molecule is COC1=N[C@H]2CCC[C@H](C)[C@H](O)[C@@H](C)C(=O)C(C)(C)[C@@H](O)CC(=O)O[C@H](/C(C)=C/c3csc(C)n3)C[C@@H]2O1. The first-order valence-corrected chi connectivity index (χ1v) is 14.2. The van der Waals surface area contributed by atoms with E-state index in [1.807, 2.05) is 32.2 Å². The summed E-state index contributed by atoms with van der Waals surface area (Å²) < 4.78 is 17.2. The second-order valence-corrected chi connectivity index (χ2v) is 12.3. The average Bonchev–Trinajstić information content (AvgIpc) is 3.46. The molecule has 9 nitrogen and oxygen atoms in total. The van der Waals surface area contributed by atoms with Gasteiger partial charge >= 0.3 is 12.1 Å². The van der Waals surface area contributed by atoms with Crippen LogP contribution in [-0.4, -0.2) is 70.6 Å². The molecule has 0 saturated carbocycles. The third-order valence-electron chi connectivity index (χ3n) is 7.86. The van der Waals surface area contributed by atoms with Gasteiger partial charge in [-0.15, -0.1) is 11.3 Å². The smallest absolute Gasteiger partial charge is 0.383 e. The van der Waals surface area contributed by atoms with Gasteiger partial charge in [-0.1, -0.05) is 34.1 Å². The molecule has 0 amide bonds. The molecule has 2 aliphatic heterocycles. The van der Waals surface area contributed by atoms with Gasteiger partial charge in [-0.3, -0.25) is 9.59 Å². The van der Waals surface area contributed by atoms with Crippen LogP contribution in [0.5, 0.6) is 0 Å². The molecule has 0 radical (unpaired) electrons. The first-order chi connectivity index (χ1) is 17.8. The van der Waals surface area contributed by atoms with Crippen molar-refractivity contribution < 1.29 is 34.0 Å². The van der Waals surface area contributed by atoms with Gasteiger partial charge in [0.25, 0.3) is 0 Å². The number of aromatic nitrogens is 1. The Kier molecular flexibility index (Phi) is 10.1. The molecule has 3 rings (SSSR count). The molecule has 2 aliphatic rings. The number of aliphatic hydroxyl groups excluding tert-OH is 2. The maximum Gasteiger partial charge on any atom is 0.383 e. The lowest BCUT2D eigenvalue weighted by atomic mass is 9.73. The van der Waals surface area contributed by atoms with E-state index in [4.69, 9.17) is 14.2 Å². The first kappa shape index (κ1) is 30.2. The molecule has 38 heavy (non-hydrogen) atoms.